The maximum Gasteiger partial charge on any atom is 0.227 e. The zero-order valence-electron chi connectivity index (χ0n) is 14.5. The molecule has 134 valence electrons. The van der Waals surface area contributed by atoms with E-state index in [2.05, 4.69) is 20.4 Å². The van der Waals surface area contributed by atoms with E-state index in [4.69, 9.17) is 9.26 Å². The van der Waals surface area contributed by atoms with Crippen molar-refractivity contribution in [1.82, 2.24) is 20.4 Å². The van der Waals surface area contributed by atoms with Crippen LogP contribution in [0.5, 0.6) is 0 Å². The summed E-state index contributed by atoms with van der Waals surface area (Å²) in [6.45, 7) is 6.24. The molecular weight excluding hydrogens is 320 g/mol. The Morgan fingerprint density at radius 1 is 1.28 bits per heavy atom. The molecule has 1 aromatic heterocycles. The molecule has 1 saturated heterocycles. The van der Waals surface area contributed by atoms with E-state index < -0.39 is 0 Å². The minimum atomic E-state index is 0.000204. The Kier molecular flexibility index (Phi) is 6.14. The first-order valence-electron chi connectivity index (χ1n) is 8.68. The summed E-state index contributed by atoms with van der Waals surface area (Å²) in [5, 5.41) is 6.99. The first kappa shape index (κ1) is 17.6. The molecule has 25 heavy (non-hydrogen) atoms. The van der Waals surface area contributed by atoms with Gasteiger partial charge in [0.25, 0.3) is 0 Å². The number of hydrogen-bond donors (Lipinski definition) is 1. The normalized spacial score (nSPS) is 16.5. The summed E-state index contributed by atoms with van der Waals surface area (Å²) in [6, 6.07) is 9.74. The second kappa shape index (κ2) is 8.73. The lowest BCUT2D eigenvalue weighted by Gasteiger charge is -2.29. The van der Waals surface area contributed by atoms with Crippen molar-refractivity contribution in [3.05, 3.63) is 36.2 Å². The molecule has 0 unspecified atom stereocenters. The number of hydrogen-bond acceptors (Lipinski definition) is 6. The van der Waals surface area contributed by atoms with Gasteiger partial charge in [0.1, 0.15) is 0 Å². The summed E-state index contributed by atoms with van der Waals surface area (Å²) in [6.07, 6.45) is 0.778. The zero-order valence-corrected chi connectivity index (χ0v) is 14.5. The number of nitrogens with zero attached hydrogens (tertiary/aromatic N) is 3. The predicted molar refractivity (Wildman–Crippen MR) is 92.9 cm³/mol. The van der Waals surface area contributed by atoms with Crippen molar-refractivity contribution in [3.63, 3.8) is 0 Å². The Morgan fingerprint density at radius 3 is 2.80 bits per heavy atom. The molecule has 7 heteroatoms. The van der Waals surface area contributed by atoms with Gasteiger partial charge in [0.2, 0.25) is 17.6 Å². The summed E-state index contributed by atoms with van der Waals surface area (Å²) in [4.78, 5) is 18.8. The SMILES string of the molecule is C[C@H](CN1CCOCC1)NC(=O)CCc1nc(-c2ccccc2)no1. The monoisotopic (exact) mass is 344 g/mol. The summed E-state index contributed by atoms with van der Waals surface area (Å²) >= 11 is 0. The van der Waals surface area contributed by atoms with Gasteiger partial charge in [-0.2, -0.15) is 4.98 Å². The molecule has 1 fully saturated rings. The number of rotatable bonds is 7. The number of aromatic nitrogens is 2. The van der Waals surface area contributed by atoms with Crippen molar-refractivity contribution in [2.45, 2.75) is 25.8 Å². The number of aryl methyl sites for hydroxylation is 1. The molecule has 0 spiro atoms. The molecule has 1 atom stereocenters. The van der Waals surface area contributed by atoms with Crippen LogP contribution in [0.1, 0.15) is 19.2 Å². The minimum Gasteiger partial charge on any atom is -0.379 e. The molecule has 0 saturated carbocycles. The highest BCUT2D eigenvalue weighted by molar-refractivity contribution is 5.76. The third-order valence-electron chi connectivity index (χ3n) is 4.11. The number of morpholine rings is 1. The molecule has 2 aromatic rings. The number of carbonyl (C=O) groups is 1. The first-order chi connectivity index (χ1) is 12.2. The fourth-order valence-electron chi connectivity index (χ4n) is 2.85. The largest absolute Gasteiger partial charge is 0.379 e. The van der Waals surface area contributed by atoms with Gasteiger partial charge in [0.15, 0.2) is 0 Å². The van der Waals surface area contributed by atoms with Crippen LogP contribution in [0, 0.1) is 0 Å². The molecule has 0 aliphatic carbocycles. The van der Waals surface area contributed by atoms with E-state index in [1.54, 1.807) is 0 Å². The van der Waals surface area contributed by atoms with Gasteiger partial charge in [0.05, 0.1) is 13.2 Å². The van der Waals surface area contributed by atoms with Gasteiger partial charge in [-0.1, -0.05) is 35.5 Å². The number of carbonyl (C=O) groups excluding carboxylic acids is 1. The van der Waals surface area contributed by atoms with Gasteiger partial charge in [-0.15, -0.1) is 0 Å². The van der Waals surface area contributed by atoms with E-state index in [-0.39, 0.29) is 11.9 Å². The van der Waals surface area contributed by atoms with Crippen molar-refractivity contribution in [2.24, 2.45) is 0 Å². The maximum absolute atomic E-state index is 12.1. The van der Waals surface area contributed by atoms with E-state index in [1.807, 2.05) is 37.3 Å². The van der Waals surface area contributed by atoms with Crippen LogP contribution in [0.3, 0.4) is 0 Å². The zero-order chi connectivity index (χ0) is 17.5. The Balaban J connectivity index is 1.42. The van der Waals surface area contributed by atoms with Crippen molar-refractivity contribution in [3.8, 4) is 11.4 Å². The summed E-state index contributed by atoms with van der Waals surface area (Å²) in [5.74, 6) is 1.03. The molecular formula is C18H24N4O3. The van der Waals surface area contributed by atoms with Crippen LogP contribution in [0.4, 0.5) is 0 Å². The summed E-state index contributed by atoms with van der Waals surface area (Å²) in [7, 11) is 0. The average Bonchev–Trinajstić information content (AvgIpc) is 3.10. The van der Waals surface area contributed by atoms with Crippen LogP contribution in [-0.4, -0.2) is 59.8 Å². The Labute approximate surface area is 147 Å². The quantitative estimate of drug-likeness (QED) is 0.820. The second-order valence-corrected chi connectivity index (χ2v) is 6.26. The molecule has 0 bridgehead atoms. The lowest BCUT2D eigenvalue weighted by Crippen LogP contribution is -2.46. The Morgan fingerprint density at radius 2 is 2.04 bits per heavy atom. The molecule has 1 N–H and O–H groups in total. The molecule has 2 heterocycles. The third kappa shape index (κ3) is 5.37. The van der Waals surface area contributed by atoms with Crippen LogP contribution in [-0.2, 0) is 16.0 Å². The number of nitrogens with one attached hydrogen (secondary N) is 1. The van der Waals surface area contributed by atoms with Gasteiger partial charge in [-0.3, -0.25) is 9.69 Å². The second-order valence-electron chi connectivity index (χ2n) is 6.26. The Bertz CT molecular complexity index is 668. The van der Waals surface area contributed by atoms with Gasteiger partial charge < -0.3 is 14.6 Å². The molecule has 1 aliphatic heterocycles. The van der Waals surface area contributed by atoms with Gasteiger partial charge >= 0.3 is 0 Å². The highest BCUT2D eigenvalue weighted by Gasteiger charge is 2.16. The number of ether oxygens (including phenoxy) is 1. The molecule has 0 radical (unpaired) electrons. The minimum absolute atomic E-state index is 0.000204. The van der Waals surface area contributed by atoms with E-state index >= 15 is 0 Å². The Hall–Kier alpha value is -2.25. The van der Waals surface area contributed by atoms with E-state index in [0.29, 0.717) is 24.6 Å². The van der Waals surface area contributed by atoms with E-state index in [9.17, 15) is 4.79 Å². The molecule has 1 aromatic carbocycles. The topological polar surface area (TPSA) is 80.5 Å². The molecule has 7 nitrogen and oxygen atoms in total. The lowest BCUT2D eigenvalue weighted by atomic mass is 10.2. The van der Waals surface area contributed by atoms with Gasteiger partial charge in [-0.05, 0) is 6.92 Å². The standard InChI is InChI=1S/C18H24N4O3/c1-14(13-22-9-11-24-12-10-22)19-16(23)7-8-17-20-18(21-25-17)15-5-3-2-4-6-15/h2-6,14H,7-13H2,1H3,(H,19,23)/t14-/m1/s1. The fraction of sp³-hybridized carbons (Fsp3) is 0.500. The average molecular weight is 344 g/mol. The van der Waals surface area contributed by atoms with Crippen LogP contribution in [0.25, 0.3) is 11.4 Å². The summed E-state index contributed by atoms with van der Waals surface area (Å²) in [5.41, 5.74) is 0.904. The van der Waals surface area contributed by atoms with Crippen molar-refractivity contribution in [2.75, 3.05) is 32.8 Å². The molecule has 3 rings (SSSR count). The van der Waals surface area contributed by atoms with Gasteiger partial charge in [-0.25, -0.2) is 0 Å². The summed E-state index contributed by atoms with van der Waals surface area (Å²) < 4.78 is 10.6. The number of benzene rings is 1. The lowest BCUT2D eigenvalue weighted by molar-refractivity contribution is -0.121. The first-order valence-corrected chi connectivity index (χ1v) is 8.68. The predicted octanol–water partition coefficient (Wildman–Crippen LogP) is 1.51. The highest BCUT2D eigenvalue weighted by Crippen LogP contribution is 2.15. The van der Waals surface area contributed by atoms with Crippen LogP contribution < -0.4 is 5.32 Å². The van der Waals surface area contributed by atoms with Crippen LogP contribution in [0.2, 0.25) is 0 Å². The van der Waals surface area contributed by atoms with Gasteiger partial charge in [0, 0.05) is 44.1 Å². The van der Waals surface area contributed by atoms with Crippen molar-refractivity contribution in [1.29, 1.82) is 0 Å². The molecule has 1 aliphatic rings. The van der Waals surface area contributed by atoms with Crippen LogP contribution in [0.15, 0.2) is 34.9 Å². The van der Waals surface area contributed by atoms with E-state index in [1.165, 1.54) is 0 Å². The van der Waals surface area contributed by atoms with Crippen LogP contribution >= 0.6 is 0 Å². The van der Waals surface area contributed by atoms with Crippen molar-refractivity contribution < 1.29 is 14.1 Å². The molecule has 1 amide bonds. The third-order valence-corrected chi connectivity index (χ3v) is 4.11. The number of amides is 1. The maximum atomic E-state index is 12.1. The smallest absolute Gasteiger partial charge is 0.227 e. The van der Waals surface area contributed by atoms with E-state index in [0.717, 1.165) is 38.4 Å². The van der Waals surface area contributed by atoms with Crippen molar-refractivity contribution >= 4 is 5.91 Å². The highest BCUT2D eigenvalue weighted by atomic mass is 16.5. The fourth-order valence-corrected chi connectivity index (χ4v) is 2.85.